The summed E-state index contributed by atoms with van der Waals surface area (Å²) in [5.74, 6) is 1.76. The summed E-state index contributed by atoms with van der Waals surface area (Å²) in [7, 11) is 0. The Morgan fingerprint density at radius 1 is 1.27 bits per heavy atom. The fourth-order valence-electron chi connectivity index (χ4n) is 3.50. The highest BCUT2D eigenvalue weighted by molar-refractivity contribution is 7.99. The smallest absolute Gasteiger partial charge is 0.272 e. The van der Waals surface area contributed by atoms with Crippen molar-refractivity contribution in [3.63, 3.8) is 0 Å². The molecule has 0 spiro atoms. The lowest BCUT2D eigenvalue weighted by Gasteiger charge is -2.34. The van der Waals surface area contributed by atoms with Crippen molar-refractivity contribution in [1.29, 1.82) is 0 Å². The van der Waals surface area contributed by atoms with Gasteiger partial charge >= 0.3 is 0 Å². The first kappa shape index (κ1) is 19.0. The summed E-state index contributed by atoms with van der Waals surface area (Å²) in [6.45, 7) is 2.91. The van der Waals surface area contributed by atoms with E-state index in [4.69, 9.17) is 0 Å². The van der Waals surface area contributed by atoms with Crippen LogP contribution in [-0.4, -0.2) is 45.1 Å². The molecule has 0 aliphatic heterocycles. The monoisotopic (exact) mass is 375 g/mol. The molecule has 1 aromatic heterocycles. The fraction of sp³-hybridized carbons (Fsp3) is 0.500. The number of rotatable bonds is 7. The van der Waals surface area contributed by atoms with Crippen molar-refractivity contribution < 1.29 is 9.18 Å². The number of benzene rings is 1. The van der Waals surface area contributed by atoms with Crippen molar-refractivity contribution in [2.24, 2.45) is 0 Å². The molecule has 0 atom stereocenters. The number of halogens is 1. The van der Waals surface area contributed by atoms with E-state index in [0.29, 0.717) is 17.4 Å². The molecule has 0 unspecified atom stereocenters. The molecule has 1 N–H and O–H groups in total. The van der Waals surface area contributed by atoms with Gasteiger partial charge in [0.25, 0.3) is 5.91 Å². The molecule has 4 nitrogen and oxygen atoms in total. The van der Waals surface area contributed by atoms with E-state index in [0.717, 1.165) is 36.5 Å². The average Bonchev–Trinajstić information content (AvgIpc) is 3.16. The highest BCUT2D eigenvalue weighted by Gasteiger charge is 2.27. The SMILES string of the molecule is CCSCCN(C(=O)c1cc(-c2ccc(F)cc2)n[nH]1)C1CCCCC1. The minimum atomic E-state index is -0.280. The van der Waals surface area contributed by atoms with Gasteiger partial charge in [-0.15, -0.1) is 0 Å². The molecule has 1 aromatic carbocycles. The van der Waals surface area contributed by atoms with Crippen LogP contribution in [0.15, 0.2) is 30.3 Å². The van der Waals surface area contributed by atoms with Gasteiger partial charge in [-0.1, -0.05) is 26.2 Å². The third kappa shape index (κ3) is 4.67. The third-order valence-corrected chi connectivity index (χ3v) is 5.78. The molecule has 1 fully saturated rings. The van der Waals surface area contributed by atoms with Crippen LogP contribution in [0, 0.1) is 5.82 Å². The number of H-pyrrole nitrogens is 1. The number of thioether (sulfide) groups is 1. The Balaban J connectivity index is 1.76. The molecule has 1 saturated carbocycles. The number of hydrogen-bond donors (Lipinski definition) is 1. The lowest BCUT2D eigenvalue weighted by Crippen LogP contribution is -2.43. The van der Waals surface area contributed by atoms with E-state index in [1.54, 1.807) is 18.2 Å². The number of amides is 1. The molecule has 140 valence electrons. The summed E-state index contributed by atoms with van der Waals surface area (Å²) in [6, 6.07) is 8.26. The number of hydrogen-bond acceptors (Lipinski definition) is 3. The standard InChI is InChI=1S/C20H26FN3OS/c1-2-26-13-12-24(17-6-4-3-5-7-17)20(25)19-14-18(22-23-19)15-8-10-16(21)11-9-15/h8-11,14,17H,2-7,12-13H2,1H3,(H,22,23). The summed E-state index contributed by atoms with van der Waals surface area (Å²) < 4.78 is 13.1. The normalized spacial score (nSPS) is 15.2. The maximum Gasteiger partial charge on any atom is 0.272 e. The summed E-state index contributed by atoms with van der Waals surface area (Å²) in [4.78, 5) is 15.2. The number of nitrogens with one attached hydrogen (secondary N) is 1. The molecule has 3 rings (SSSR count). The Labute approximate surface area is 158 Å². The topological polar surface area (TPSA) is 49.0 Å². The molecule has 0 radical (unpaired) electrons. The molecular formula is C20H26FN3OS. The lowest BCUT2D eigenvalue weighted by molar-refractivity contribution is 0.0644. The minimum Gasteiger partial charge on any atom is -0.334 e. The van der Waals surface area contributed by atoms with Crippen LogP contribution < -0.4 is 0 Å². The lowest BCUT2D eigenvalue weighted by atomic mass is 9.94. The molecule has 2 aromatic rings. The average molecular weight is 376 g/mol. The van der Waals surface area contributed by atoms with Gasteiger partial charge in [0.15, 0.2) is 0 Å². The first-order valence-electron chi connectivity index (χ1n) is 9.39. The fourth-order valence-corrected chi connectivity index (χ4v) is 4.12. The van der Waals surface area contributed by atoms with E-state index in [1.807, 2.05) is 16.7 Å². The second kappa shape index (κ2) is 9.21. The second-order valence-electron chi connectivity index (χ2n) is 6.66. The van der Waals surface area contributed by atoms with Crippen molar-refractivity contribution in [3.8, 4) is 11.3 Å². The molecule has 0 saturated heterocycles. The van der Waals surface area contributed by atoms with Crippen molar-refractivity contribution in [3.05, 3.63) is 41.8 Å². The van der Waals surface area contributed by atoms with Crippen molar-refractivity contribution in [2.75, 3.05) is 18.1 Å². The quantitative estimate of drug-likeness (QED) is 0.711. The van der Waals surface area contributed by atoms with Crippen LogP contribution >= 0.6 is 11.8 Å². The van der Waals surface area contributed by atoms with Crippen LogP contribution in [-0.2, 0) is 0 Å². The maximum atomic E-state index is 13.1. The van der Waals surface area contributed by atoms with Crippen LogP contribution in [0.1, 0.15) is 49.5 Å². The molecule has 0 bridgehead atoms. The van der Waals surface area contributed by atoms with Gasteiger partial charge in [-0.25, -0.2) is 4.39 Å². The van der Waals surface area contributed by atoms with Gasteiger partial charge in [-0.3, -0.25) is 9.89 Å². The van der Waals surface area contributed by atoms with Crippen LogP contribution in [0.3, 0.4) is 0 Å². The van der Waals surface area contributed by atoms with E-state index in [2.05, 4.69) is 17.1 Å². The van der Waals surface area contributed by atoms with Gasteiger partial charge in [0, 0.05) is 23.9 Å². The van der Waals surface area contributed by atoms with Gasteiger partial charge in [0.2, 0.25) is 0 Å². The molecule has 1 aliphatic rings. The number of aromatic nitrogens is 2. The van der Waals surface area contributed by atoms with E-state index in [9.17, 15) is 9.18 Å². The van der Waals surface area contributed by atoms with Gasteiger partial charge in [0.1, 0.15) is 11.5 Å². The number of carbonyl (C=O) groups is 1. The number of carbonyl (C=O) groups excluding carboxylic acids is 1. The van der Waals surface area contributed by atoms with Crippen molar-refractivity contribution in [2.45, 2.75) is 45.1 Å². The van der Waals surface area contributed by atoms with Crippen LogP contribution in [0.25, 0.3) is 11.3 Å². The van der Waals surface area contributed by atoms with Crippen LogP contribution in [0.4, 0.5) is 4.39 Å². The molecule has 1 amide bonds. The minimum absolute atomic E-state index is 0.0227. The number of nitrogens with zero attached hydrogens (tertiary/aromatic N) is 2. The maximum absolute atomic E-state index is 13.1. The van der Waals surface area contributed by atoms with E-state index >= 15 is 0 Å². The second-order valence-corrected chi connectivity index (χ2v) is 8.05. The molecule has 1 heterocycles. The summed E-state index contributed by atoms with van der Waals surface area (Å²) in [6.07, 6.45) is 5.82. The van der Waals surface area contributed by atoms with Gasteiger partial charge in [-0.2, -0.15) is 16.9 Å². The predicted octanol–water partition coefficient (Wildman–Crippen LogP) is 4.74. The first-order valence-corrected chi connectivity index (χ1v) is 10.5. The van der Waals surface area contributed by atoms with E-state index in [1.165, 1.54) is 31.4 Å². The largest absolute Gasteiger partial charge is 0.334 e. The molecule has 1 aliphatic carbocycles. The first-order chi connectivity index (χ1) is 12.7. The summed E-state index contributed by atoms with van der Waals surface area (Å²) in [5.41, 5.74) is 1.98. The Kier molecular flexibility index (Phi) is 6.72. The Bertz CT molecular complexity index is 710. The van der Waals surface area contributed by atoms with E-state index < -0.39 is 0 Å². The van der Waals surface area contributed by atoms with Gasteiger partial charge in [-0.05, 0) is 48.9 Å². The Hall–Kier alpha value is -1.82. The molecule has 26 heavy (non-hydrogen) atoms. The number of aromatic amines is 1. The highest BCUT2D eigenvalue weighted by Crippen LogP contribution is 2.25. The van der Waals surface area contributed by atoms with Crippen molar-refractivity contribution >= 4 is 17.7 Å². The van der Waals surface area contributed by atoms with Crippen LogP contribution in [0.2, 0.25) is 0 Å². The van der Waals surface area contributed by atoms with Crippen molar-refractivity contribution in [1.82, 2.24) is 15.1 Å². The Morgan fingerprint density at radius 2 is 2.00 bits per heavy atom. The molecule has 6 heteroatoms. The zero-order chi connectivity index (χ0) is 18.4. The molecular weight excluding hydrogens is 349 g/mol. The predicted molar refractivity (Wildman–Crippen MR) is 105 cm³/mol. The van der Waals surface area contributed by atoms with E-state index in [-0.39, 0.29) is 11.7 Å². The van der Waals surface area contributed by atoms with Crippen LogP contribution in [0.5, 0.6) is 0 Å². The zero-order valence-corrected chi connectivity index (χ0v) is 16.0. The zero-order valence-electron chi connectivity index (χ0n) is 15.2. The van der Waals surface area contributed by atoms with Gasteiger partial charge in [0.05, 0.1) is 5.69 Å². The third-order valence-electron chi connectivity index (χ3n) is 4.91. The Morgan fingerprint density at radius 3 is 2.69 bits per heavy atom. The highest BCUT2D eigenvalue weighted by atomic mass is 32.2. The van der Waals surface area contributed by atoms with Gasteiger partial charge < -0.3 is 4.90 Å². The summed E-state index contributed by atoms with van der Waals surface area (Å²) in [5, 5.41) is 7.15. The summed E-state index contributed by atoms with van der Waals surface area (Å²) >= 11 is 1.86.